The fourth-order valence-corrected chi connectivity index (χ4v) is 3.54. The molecule has 3 atom stereocenters. The smallest absolute Gasteiger partial charge is 0.309 e. The van der Waals surface area contributed by atoms with Gasteiger partial charge in [0.05, 0.1) is 13.0 Å². The van der Waals surface area contributed by atoms with E-state index in [1.54, 1.807) is 13.8 Å². The average Bonchev–Trinajstić information content (AvgIpc) is 2.66. The van der Waals surface area contributed by atoms with Crippen LogP contribution in [0.2, 0.25) is 0 Å². The highest BCUT2D eigenvalue weighted by Crippen LogP contribution is 2.31. The van der Waals surface area contributed by atoms with Gasteiger partial charge in [-0.15, -0.1) is 0 Å². The van der Waals surface area contributed by atoms with Crippen LogP contribution < -0.4 is 4.74 Å². The molecule has 0 saturated carbocycles. The molecular formula is C23H28FNO5. The van der Waals surface area contributed by atoms with Gasteiger partial charge in [0.15, 0.2) is 23.0 Å². The standard InChI is InChI=1S/C23H28FNO5/c1-12-9-17(24)10-13(2)20(12)15(4)16(5)30-23(28)14(3)11-18(26)21-22(27)19(29-6)7-8-25-21/h7-10,14-16,27H,11H2,1-6H3/t14-,15+,16-/m1/s1. The highest BCUT2D eigenvalue weighted by atomic mass is 19.1. The second-order valence-electron chi connectivity index (χ2n) is 7.62. The highest BCUT2D eigenvalue weighted by molar-refractivity contribution is 5.99. The minimum absolute atomic E-state index is 0.135. The molecule has 0 bridgehead atoms. The Kier molecular flexibility index (Phi) is 7.54. The molecule has 0 aliphatic carbocycles. The third kappa shape index (κ3) is 5.14. The van der Waals surface area contributed by atoms with Crippen molar-refractivity contribution in [1.82, 2.24) is 4.98 Å². The van der Waals surface area contributed by atoms with Gasteiger partial charge in [-0.3, -0.25) is 9.59 Å². The summed E-state index contributed by atoms with van der Waals surface area (Å²) in [6.45, 7) is 8.92. The number of ether oxygens (including phenoxy) is 2. The number of halogens is 1. The van der Waals surface area contributed by atoms with Crippen LogP contribution >= 0.6 is 0 Å². The zero-order chi connectivity index (χ0) is 22.6. The lowest BCUT2D eigenvalue weighted by Crippen LogP contribution is -2.27. The molecule has 0 saturated heterocycles. The molecule has 1 N–H and O–H groups in total. The summed E-state index contributed by atoms with van der Waals surface area (Å²) in [7, 11) is 1.37. The molecule has 7 heteroatoms. The molecule has 0 amide bonds. The van der Waals surface area contributed by atoms with Crippen LogP contribution in [0.25, 0.3) is 0 Å². The SMILES string of the molecule is COc1ccnc(C(=O)C[C@@H](C)C(=O)O[C@H](C)[C@H](C)c2c(C)cc(F)cc2C)c1O. The first-order valence-corrected chi connectivity index (χ1v) is 9.79. The molecule has 2 aromatic rings. The van der Waals surface area contributed by atoms with Gasteiger partial charge in [-0.05, 0) is 49.6 Å². The summed E-state index contributed by atoms with van der Waals surface area (Å²) in [5, 5.41) is 10.1. The molecule has 0 aliphatic heterocycles. The Bertz CT molecular complexity index is 920. The maximum Gasteiger partial charge on any atom is 0.309 e. The maximum absolute atomic E-state index is 13.6. The van der Waals surface area contributed by atoms with Gasteiger partial charge in [-0.1, -0.05) is 13.8 Å². The van der Waals surface area contributed by atoms with Gasteiger partial charge in [0.2, 0.25) is 0 Å². The lowest BCUT2D eigenvalue weighted by atomic mass is 9.88. The summed E-state index contributed by atoms with van der Waals surface area (Å²) >= 11 is 0. The summed E-state index contributed by atoms with van der Waals surface area (Å²) in [4.78, 5) is 28.9. The summed E-state index contributed by atoms with van der Waals surface area (Å²) < 4.78 is 24.1. The molecule has 6 nitrogen and oxygen atoms in total. The number of aryl methyl sites for hydroxylation is 2. The van der Waals surface area contributed by atoms with E-state index in [-0.39, 0.29) is 35.3 Å². The van der Waals surface area contributed by atoms with Crippen molar-refractivity contribution >= 4 is 11.8 Å². The zero-order valence-electron chi connectivity index (χ0n) is 18.2. The number of esters is 1. The number of aromatic nitrogens is 1. The van der Waals surface area contributed by atoms with Crippen LogP contribution in [0.3, 0.4) is 0 Å². The first kappa shape index (κ1) is 23.3. The van der Waals surface area contributed by atoms with Gasteiger partial charge in [-0.2, -0.15) is 0 Å². The Labute approximate surface area is 176 Å². The highest BCUT2D eigenvalue weighted by Gasteiger charge is 2.27. The molecule has 1 heterocycles. The Morgan fingerprint density at radius 1 is 1.17 bits per heavy atom. The summed E-state index contributed by atoms with van der Waals surface area (Å²) in [6.07, 6.45) is 0.718. The molecule has 0 spiro atoms. The second kappa shape index (κ2) is 9.69. The van der Waals surface area contributed by atoms with Crippen LogP contribution in [0, 0.1) is 25.6 Å². The topological polar surface area (TPSA) is 85.7 Å². The molecule has 2 rings (SSSR count). The van der Waals surface area contributed by atoms with Crippen molar-refractivity contribution in [2.75, 3.05) is 7.11 Å². The molecule has 1 aromatic carbocycles. The van der Waals surface area contributed by atoms with E-state index < -0.39 is 23.8 Å². The van der Waals surface area contributed by atoms with E-state index in [0.717, 1.165) is 16.7 Å². The van der Waals surface area contributed by atoms with Crippen molar-refractivity contribution in [3.05, 3.63) is 52.6 Å². The van der Waals surface area contributed by atoms with Gasteiger partial charge in [-0.25, -0.2) is 9.37 Å². The Balaban J connectivity index is 2.06. The average molecular weight is 417 g/mol. The largest absolute Gasteiger partial charge is 0.503 e. The van der Waals surface area contributed by atoms with E-state index in [2.05, 4.69) is 4.98 Å². The van der Waals surface area contributed by atoms with E-state index in [1.807, 2.05) is 20.8 Å². The molecule has 0 radical (unpaired) electrons. The Hall–Kier alpha value is -2.96. The first-order valence-electron chi connectivity index (χ1n) is 9.79. The number of nitrogens with zero attached hydrogens (tertiary/aromatic N) is 1. The van der Waals surface area contributed by atoms with Gasteiger partial charge in [0.1, 0.15) is 11.9 Å². The van der Waals surface area contributed by atoms with Crippen molar-refractivity contribution in [3.8, 4) is 11.5 Å². The fraction of sp³-hybridized carbons (Fsp3) is 0.435. The number of hydrogen-bond acceptors (Lipinski definition) is 6. The lowest BCUT2D eigenvalue weighted by molar-refractivity contribution is -0.153. The van der Waals surface area contributed by atoms with Gasteiger partial charge in [0, 0.05) is 24.6 Å². The molecule has 162 valence electrons. The van der Waals surface area contributed by atoms with Crippen LogP contribution in [0.15, 0.2) is 24.4 Å². The fourth-order valence-electron chi connectivity index (χ4n) is 3.54. The number of ketones is 1. The van der Waals surface area contributed by atoms with E-state index in [4.69, 9.17) is 9.47 Å². The number of carbonyl (C=O) groups is 2. The lowest BCUT2D eigenvalue weighted by Gasteiger charge is -2.25. The van der Waals surface area contributed by atoms with Crippen LogP contribution in [-0.4, -0.2) is 35.1 Å². The van der Waals surface area contributed by atoms with E-state index in [0.29, 0.717) is 0 Å². The minimum atomic E-state index is -0.727. The second-order valence-corrected chi connectivity index (χ2v) is 7.62. The molecule has 0 aliphatic rings. The number of hydrogen-bond donors (Lipinski definition) is 1. The first-order chi connectivity index (χ1) is 14.1. The third-order valence-electron chi connectivity index (χ3n) is 5.29. The van der Waals surface area contributed by atoms with Gasteiger partial charge in [0.25, 0.3) is 0 Å². The predicted octanol–water partition coefficient (Wildman–Crippen LogP) is 4.50. The normalized spacial score (nSPS) is 14.0. The number of aromatic hydroxyl groups is 1. The van der Waals surface area contributed by atoms with Crippen molar-refractivity contribution in [2.24, 2.45) is 5.92 Å². The summed E-state index contributed by atoms with van der Waals surface area (Å²) in [5.41, 5.74) is 2.38. The van der Waals surface area contributed by atoms with Gasteiger partial charge >= 0.3 is 5.97 Å². The molecule has 30 heavy (non-hydrogen) atoms. The number of benzene rings is 1. The molecule has 0 fully saturated rings. The Morgan fingerprint density at radius 2 is 1.77 bits per heavy atom. The predicted molar refractivity (Wildman–Crippen MR) is 110 cm³/mol. The maximum atomic E-state index is 13.6. The van der Waals surface area contributed by atoms with Crippen molar-refractivity contribution in [3.63, 3.8) is 0 Å². The van der Waals surface area contributed by atoms with Crippen LogP contribution in [0.1, 0.15) is 60.3 Å². The van der Waals surface area contributed by atoms with Gasteiger partial charge < -0.3 is 14.6 Å². The van der Waals surface area contributed by atoms with E-state index in [1.165, 1.54) is 31.5 Å². The minimum Gasteiger partial charge on any atom is -0.503 e. The quantitative estimate of drug-likeness (QED) is 0.503. The number of carbonyl (C=O) groups excluding carboxylic acids is 2. The number of Topliss-reactive ketones (excluding diaryl/α,β-unsaturated/α-hetero) is 1. The molecular weight excluding hydrogens is 389 g/mol. The monoisotopic (exact) mass is 417 g/mol. The van der Waals surface area contributed by atoms with Crippen LogP contribution in [0.4, 0.5) is 4.39 Å². The Morgan fingerprint density at radius 3 is 2.33 bits per heavy atom. The summed E-state index contributed by atoms with van der Waals surface area (Å²) in [6, 6.07) is 4.36. The van der Waals surface area contributed by atoms with E-state index in [9.17, 15) is 19.1 Å². The third-order valence-corrected chi connectivity index (χ3v) is 5.29. The van der Waals surface area contributed by atoms with Crippen LogP contribution in [-0.2, 0) is 9.53 Å². The van der Waals surface area contributed by atoms with E-state index >= 15 is 0 Å². The van der Waals surface area contributed by atoms with Crippen LogP contribution in [0.5, 0.6) is 11.5 Å². The number of pyridine rings is 1. The summed E-state index contributed by atoms with van der Waals surface area (Å²) in [5.74, 6) is -2.40. The number of rotatable bonds is 8. The molecule has 1 aromatic heterocycles. The number of methoxy groups -OCH3 is 1. The van der Waals surface area contributed by atoms with Crippen molar-refractivity contribution < 1.29 is 28.6 Å². The zero-order valence-corrected chi connectivity index (χ0v) is 18.2. The van der Waals surface area contributed by atoms with Crippen molar-refractivity contribution in [1.29, 1.82) is 0 Å². The van der Waals surface area contributed by atoms with Crippen molar-refractivity contribution in [2.45, 2.75) is 53.1 Å². The molecule has 0 unspecified atom stereocenters.